The molecule has 16 N–H and O–H groups in total. The monoisotopic (exact) mass is 853 g/mol. The van der Waals surface area contributed by atoms with Gasteiger partial charge in [-0.2, -0.15) is 0 Å². The summed E-state index contributed by atoms with van der Waals surface area (Å²) >= 11 is 0. The minimum Gasteiger partial charge on any atom is -0.481 e. The third-order valence-electron chi connectivity index (χ3n) is 9.76. The Balaban J connectivity index is 1.65. The molecule has 2 fully saturated rings. The second kappa shape index (κ2) is 23.3. The van der Waals surface area contributed by atoms with Crippen molar-refractivity contribution in [3.05, 3.63) is 35.9 Å². The van der Waals surface area contributed by atoms with E-state index in [1.807, 2.05) is 0 Å². The number of aliphatic hydroxyl groups excluding tert-OH is 4. The van der Waals surface area contributed by atoms with Crippen molar-refractivity contribution in [1.82, 2.24) is 26.2 Å². The van der Waals surface area contributed by atoms with Crippen LogP contribution in [0.25, 0.3) is 0 Å². The molecule has 334 valence electrons. The predicted molar refractivity (Wildman–Crippen MR) is 206 cm³/mol. The molecule has 24 heteroatoms. The molecule has 24 nitrogen and oxygen atoms in total. The van der Waals surface area contributed by atoms with Gasteiger partial charge in [0.2, 0.25) is 29.5 Å². The maximum absolute atomic E-state index is 13.6. The number of nitrogens with two attached hydrogens (primary N) is 3. The highest BCUT2D eigenvalue weighted by Crippen LogP contribution is 2.25. The number of ether oxygens (including phenoxy) is 2. The van der Waals surface area contributed by atoms with Gasteiger partial charge in [-0.3, -0.25) is 33.8 Å². The number of likely N-dealkylation sites (tertiary alicyclic amines) is 1. The number of nitrogens with one attached hydrogen (secondary N) is 4. The van der Waals surface area contributed by atoms with Crippen LogP contribution >= 0.6 is 0 Å². The number of carbonyl (C=O) groups is 7. The zero-order valence-corrected chi connectivity index (χ0v) is 32.8. The Hall–Kier alpha value is -5.50. The number of aliphatic hydroxyl groups is 4. The number of guanidine groups is 1. The molecule has 5 amide bonds. The molecule has 3 rings (SSSR count). The summed E-state index contributed by atoms with van der Waals surface area (Å²) in [5, 5.41) is 68.3. The zero-order valence-electron chi connectivity index (χ0n) is 32.8. The average molecular weight is 854 g/mol. The molecule has 0 aliphatic carbocycles. The molecular weight excluding hydrogens is 798 g/mol. The number of aliphatic carboxylic acids is 2. The first-order valence-electron chi connectivity index (χ1n) is 19.1. The fourth-order valence-electron chi connectivity index (χ4n) is 6.45. The van der Waals surface area contributed by atoms with Gasteiger partial charge in [0, 0.05) is 19.5 Å². The summed E-state index contributed by atoms with van der Waals surface area (Å²) in [5.74, 6) is -7.64. The molecular formula is C36H55N9O15. The lowest BCUT2D eigenvalue weighted by Crippen LogP contribution is -2.61. The Bertz CT molecular complexity index is 1680. The molecule has 0 bridgehead atoms. The van der Waals surface area contributed by atoms with Crippen LogP contribution in [0.4, 0.5) is 0 Å². The Labute approximate surface area is 343 Å². The van der Waals surface area contributed by atoms with Crippen LogP contribution in [0.15, 0.2) is 35.3 Å². The van der Waals surface area contributed by atoms with Crippen molar-refractivity contribution in [2.24, 2.45) is 22.2 Å². The Morgan fingerprint density at radius 3 is 2.23 bits per heavy atom. The lowest BCUT2D eigenvalue weighted by atomic mass is 9.99. The molecule has 60 heavy (non-hydrogen) atoms. The van der Waals surface area contributed by atoms with Crippen LogP contribution in [0.1, 0.15) is 44.6 Å². The number of hydrogen-bond donors (Lipinski definition) is 13. The molecule has 1 aromatic rings. The number of amides is 5. The molecule has 2 saturated heterocycles. The van der Waals surface area contributed by atoms with Gasteiger partial charge < -0.3 is 83.5 Å². The summed E-state index contributed by atoms with van der Waals surface area (Å²) in [6, 6.07) is 1.22. The summed E-state index contributed by atoms with van der Waals surface area (Å²) in [6.45, 7) is -0.0100. The van der Waals surface area contributed by atoms with Crippen LogP contribution in [0.5, 0.6) is 0 Å². The first-order valence-corrected chi connectivity index (χ1v) is 19.1. The number of nitrogens with zero attached hydrogens (tertiary/aromatic N) is 2. The normalized spacial score (nSPS) is 23.8. The standard InChI is InChI=1S/C36H55N9O15/c1-17(59-35-29(52)28(51)27(50)23(16-46)60-35)26(37)33(56)45-12-6-10-22(45)32(55)43-19(9-5-11-40-36(38)39)30(53)41-15-24(47)42-20(14-25(48)49)31(54)44-21(34(57)58)13-18-7-3-2-4-8-18/h2-4,7-8,17,19-23,26-29,35,46,50-52H,5-6,9-16,37H2,1H3,(H,41,53)(H,42,47)(H,43,55)(H,44,54)(H,48,49)(H,57,58)(H4,38,39,40)/t17-,19+,20+,21+,22+,23-,26+,27-,28+,29+,35-/m1/s1. The summed E-state index contributed by atoms with van der Waals surface area (Å²) in [7, 11) is 0. The quantitative estimate of drug-likeness (QED) is 0.0293. The van der Waals surface area contributed by atoms with E-state index in [1.165, 1.54) is 11.8 Å². The third-order valence-corrected chi connectivity index (χ3v) is 9.76. The molecule has 1 aromatic carbocycles. The molecule has 0 aromatic heterocycles. The molecule has 0 spiro atoms. The number of aliphatic imine (C=N–C) groups is 1. The second-order valence-electron chi connectivity index (χ2n) is 14.3. The van der Waals surface area contributed by atoms with E-state index in [1.54, 1.807) is 30.3 Å². The summed E-state index contributed by atoms with van der Waals surface area (Å²) in [6.07, 6.45) is -9.63. The minimum atomic E-state index is -1.76. The van der Waals surface area contributed by atoms with Crippen LogP contribution in [-0.4, -0.2) is 176 Å². The van der Waals surface area contributed by atoms with E-state index in [4.69, 9.17) is 26.7 Å². The maximum atomic E-state index is 13.6. The SMILES string of the molecule is C[C@@H](O[C@@H]1O[C@H](CO)[C@@H](O)[C@H](O)[C@@H]1O)[C@H](N)C(=O)N1CCC[C@H]1C(=O)N[C@@H](CCCN=C(N)N)C(=O)NCC(=O)N[C@@H](CC(=O)O)C(=O)N[C@@H](Cc1ccccc1)C(=O)O. The number of hydrogen-bond acceptors (Lipinski definition) is 15. The van der Waals surface area contributed by atoms with Crippen LogP contribution in [0.3, 0.4) is 0 Å². The smallest absolute Gasteiger partial charge is 0.326 e. The van der Waals surface area contributed by atoms with Crippen molar-refractivity contribution < 1.29 is 73.7 Å². The van der Waals surface area contributed by atoms with Crippen LogP contribution in [-0.2, 0) is 49.5 Å². The van der Waals surface area contributed by atoms with Crippen molar-refractivity contribution in [3.63, 3.8) is 0 Å². The second-order valence-corrected chi connectivity index (χ2v) is 14.3. The molecule has 0 saturated carbocycles. The third kappa shape index (κ3) is 14.4. The van der Waals surface area contributed by atoms with Gasteiger partial charge in [0.05, 0.1) is 25.7 Å². The minimum absolute atomic E-state index is 0.0469. The van der Waals surface area contributed by atoms with E-state index in [9.17, 15) is 64.2 Å². The van der Waals surface area contributed by atoms with Gasteiger partial charge in [-0.25, -0.2) is 4.79 Å². The van der Waals surface area contributed by atoms with E-state index in [2.05, 4.69) is 26.3 Å². The fraction of sp³-hybridized carbons (Fsp3) is 0.611. The van der Waals surface area contributed by atoms with Crippen molar-refractivity contribution in [2.45, 2.75) is 112 Å². The number of rotatable bonds is 22. The van der Waals surface area contributed by atoms with E-state index in [0.29, 0.717) is 12.0 Å². The number of carboxylic acid groups (broad SMARTS) is 2. The van der Waals surface area contributed by atoms with Gasteiger partial charge in [0.15, 0.2) is 12.2 Å². The number of benzene rings is 1. The lowest BCUT2D eigenvalue weighted by molar-refractivity contribution is -0.310. The lowest BCUT2D eigenvalue weighted by Gasteiger charge is -2.41. The van der Waals surface area contributed by atoms with E-state index in [0.717, 1.165) is 0 Å². The van der Waals surface area contributed by atoms with Crippen molar-refractivity contribution in [2.75, 3.05) is 26.2 Å². The van der Waals surface area contributed by atoms with Crippen molar-refractivity contribution in [3.8, 4) is 0 Å². The molecule has 2 heterocycles. The summed E-state index contributed by atoms with van der Waals surface area (Å²) in [4.78, 5) is 95.0. The maximum Gasteiger partial charge on any atom is 0.326 e. The predicted octanol–water partition coefficient (Wildman–Crippen LogP) is -6.06. The Kier molecular flexibility index (Phi) is 19.0. The highest BCUT2D eigenvalue weighted by Gasteiger charge is 2.46. The first kappa shape index (κ1) is 48.9. The average Bonchev–Trinajstić information content (AvgIpc) is 3.70. The topological polar surface area (TPSA) is 401 Å². The zero-order chi connectivity index (χ0) is 44.7. The van der Waals surface area contributed by atoms with E-state index < -0.39 is 128 Å². The van der Waals surface area contributed by atoms with Crippen LogP contribution in [0.2, 0.25) is 0 Å². The number of carboxylic acids is 2. The van der Waals surface area contributed by atoms with Gasteiger partial charge in [0.25, 0.3) is 0 Å². The van der Waals surface area contributed by atoms with E-state index >= 15 is 0 Å². The summed E-state index contributed by atoms with van der Waals surface area (Å²) < 4.78 is 10.9. The largest absolute Gasteiger partial charge is 0.481 e. The van der Waals surface area contributed by atoms with Gasteiger partial charge >= 0.3 is 11.9 Å². The number of carbonyl (C=O) groups excluding carboxylic acids is 5. The fourth-order valence-corrected chi connectivity index (χ4v) is 6.45. The van der Waals surface area contributed by atoms with Gasteiger partial charge in [-0.1, -0.05) is 30.3 Å². The Morgan fingerprint density at radius 2 is 1.62 bits per heavy atom. The van der Waals surface area contributed by atoms with Crippen molar-refractivity contribution in [1.29, 1.82) is 0 Å². The molecule has 2 aliphatic heterocycles. The molecule has 0 radical (unpaired) electrons. The van der Waals surface area contributed by atoms with Crippen molar-refractivity contribution >= 4 is 47.4 Å². The van der Waals surface area contributed by atoms with E-state index in [-0.39, 0.29) is 44.7 Å². The Morgan fingerprint density at radius 1 is 0.933 bits per heavy atom. The first-order chi connectivity index (χ1) is 28.3. The summed E-state index contributed by atoms with van der Waals surface area (Å²) in [5.41, 5.74) is 17.5. The van der Waals surface area contributed by atoms with Gasteiger partial charge in [0.1, 0.15) is 54.6 Å². The van der Waals surface area contributed by atoms with Crippen LogP contribution in [0, 0.1) is 0 Å². The van der Waals surface area contributed by atoms with Gasteiger partial charge in [-0.05, 0) is 38.2 Å². The van der Waals surface area contributed by atoms with Gasteiger partial charge in [-0.15, -0.1) is 0 Å². The highest BCUT2D eigenvalue weighted by molar-refractivity contribution is 5.96. The van der Waals surface area contributed by atoms with Crippen LogP contribution < -0.4 is 38.5 Å². The highest BCUT2D eigenvalue weighted by atomic mass is 16.7. The molecule has 2 aliphatic rings. The molecule has 0 unspecified atom stereocenters. The molecule has 11 atom stereocenters.